The zero-order valence-electron chi connectivity index (χ0n) is 13.3. The Labute approximate surface area is 155 Å². The van der Waals surface area contributed by atoms with Crippen LogP contribution in [-0.2, 0) is 22.6 Å². The van der Waals surface area contributed by atoms with Crippen LogP contribution >= 0.6 is 34.7 Å². The summed E-state index contributed by atoms with van der Waals surface area (Å²) in [6.45, 7) is 3.35. The molecule has 0 unspecified atom stereocenters. The van der Waals surface area contributed by atoms with Gasteiger partial charge in [0.1, 0.15) is 11.5 Å². The first kappa shape index (κ1) is 18.2. The number of fused-ring (bicyclic) bond motifs is 1. The number of carbonyl (C=O) groups is 1. The lowest BCUT2D eigenvalue weighted by Gasteiger charge is -2.06. The van der Waals surface area contributed by atoms with Gasteiger partial charge in [-0.15, -0.1) is 11.8 Å². The second-order valence-corrected chi connectivity index (χ2v) is 7.53. The van der Waals surface area contributed by atoms with Gasteiger partial charge in [0.25, 0.3) is 0 Å². The molecule has 3 rings (SSSR count). The number of aromatic nitrogens is 2. The zero-order chi connectivity index (χ0) is 18.0. The predicted molar refractivity (Wildman–Crippen MR) is 95.2 cm³/mol. The van der Waals surface area contributed by atoms with E-state index in [0.717, 1.165) is 35.6 Å². The van der Waals surface area contributed by atoms with E-state index in [2.05, 4.69) is 4.99 Å². The molecule has 1 aliphatic heterocycles. The van der Waals surface area contributed by atoms with Crippen LogP contribution in [0.1, 0.15) is 13.3 Å². The number of nitrogens with zero attached hydrogens (tertiary/aromatic N) is 3. The Morgan fingerprint density at radius 3 is 2.96 bits per heavy atom. The van der Waals surface area contributed by atoms with Gasteiger partial charge in [0.2, 0.25) is 4.80 Å². The molecule has 2 heterocycles. The quantitative estimate of drug-likeness (QED) is 0.568. The Morgan fingerprint density at radius 2 is 2.20 bits per heavy atom. The van der Waals surface area contributed by atoms with E-state index in [0.29, 0.717) is 29.4 Å². The third-order valence-corrected chi connectivity index (χ3v) is 5.83. The fourth-order valence-electron chi connectivity index (χ4n) is 2.42. The van der Waals surface area contributed by atoms with E-state index in [1.807, 2.05) is 0 Å². The first-order valence-electron chi connectivity index (χ1n) is 7.62. The van der Waals surface area contributed by atoms with Gasteiger partial charge >= 0.3 is 10.8 Å². The van der Waals surface area contributed by atoms with Gasteiger partial charge in [-0.25, -0.2) is 14.1 Å². The predicted octanol–water partition coefficient (Wildman–Crippen LogP) is 2.80. The molecule has 25 heavy (non-hydrogen) atoms. The van der Waals surface area contributed by atoms with Gasteiger partial charge in [-0.1, -0.05) is 11.6 Å². The molecule has 2 aromatic rings. The third kappa shape index (κ3) is 3.99. The van der Waals surface area contributed by atoms with Crippen molar-refractivity contribution in [1.29, 1.82) is 0 Å². The topological polar surface area (TPSA) is 65.6 Å². The lowest BCUT2D eigenvalue weighted by Crippen LogP contribution is -2.19. The van der Waals surface area contributed by atoms with Crippen LogP contribution in [-0.4, -0.2) is 27.7 Å². The number of halogens is 2. The number of esters is 1. The standard InChI is InChI=1S/C15H15ClFN3O3S2/c1-2-23-13(21)8-24-12-7-11(10(17)6-9(12)16)18-14-19-4-3-5-20(19)15(22)25-14/h6-7H,2-5,8H2,1H3. The van der Waals surface area contributed by atoms with Crippen molar-refractivity contribution in [3.8, 4) is 0 Å². The Bertz CT molecular complexity index is 935. The van der Waals surface area contributed by atoms with E-state index < -0.39 is 5.82 Å². The molecule has 0 amide bonds. The van der Waals surface area contributed by atoms with Crippen molar-refractivity contribution in [2.45, 2.75) is 31.3 Å². The number of thioether (sulfide) groups is 1. The number of ether oxygens (including phenoxy) is 1. The van der Waals surface area contributed by atoms with Crippen molar-refractivity contribution in [1.82, 2.24) is 9.36 Å². The van der Waals surface area contributed by atoms with Crippen LogP contribution in [0.3, 0.4) is 0 Å². The van der Waals surface area contributed by atoms with E-state index in [-0.39, 0.29) is 27.3 Å². The van der Waals surface area contributed by atoms with E-state index in [1.165, 1.54) is 6.07 Å². The highest BCUT2D eigenvalue weighted by Gasteiger charge is 2.16. The highest BCUT2D eigenvalue weighted by atomic mass is 35.5. The Balaban J connectivity index is 1.93. The molecule has 0 saturated heterocycles. The van der Waals surface area contributed by atoms with Gasteiger partial charge < -0.3 is 4.74 Å². The highest BCUT2D eigenvalue weighted by molar-refractivity contribution is 8.00. The molecule has 6 nitrogen and oxygen atoms in total. The summed E-state index contributed by atoms with van der Waals surface area (Å²) >= 11 is 8.19. The maximum absolute atomic E-state index is 14.2. The molecular weight excluding hydrogens is 389 g/mol. The summed E-state index contributed by atoms with van der Waals surface area (Å²) in [6.07, 6.45) is 0.856. The van der Waals surface area contributed by atoms with Crippen LogP contribution < -0.4 is 9.67 Å². The molecule has 1 aromatic heterocycles. The average Bonchev–Trinajstić information content (AvgIpc) is 3.14. The number of benzene rings is 1. The molecule has 0 fully saturated rings. The molecule has 134 valence electrons. The van der Waals surface area contributed by atoms with Crippen molar-refractivity contribution in [2.24, 2.45) is 4.99 Å². The number of hydrogen-bond acceptors (Lipinski definition) is 6. The molecule has 0 aliphatic carbocycles. The summed E-state index contributed by atoms with van der Waals surface area (Å²) in [5.41, 5.74) is 0.0832. The SMILES string of the molecule is CCOC(=O)CSc1cc(N=c2sc(=O)n3n2CCC3)c(F)cc1Cl. The summed E-state index contributed by atoms with van der Waals surface area (Å²) in [4.78, 5) is 28.5. The van der Waals surface area contributed by atoms with Crippen LogP contribution in [0, 0.1) is 5.82 Å². The molecule has 0 radical (unpaired) electrons. The third-order valence-electron chi connectivity index (χ3n) is 3.51. The summed E-state index contributed by atoms with van der Waals surface area (Å²) in [5, 5.41) is 0.202. The van der Waals surface area contributed by atoms with E-state index in [9.17, 15) is 14.0 Å². The van der Waals surface area contributed by atoms with Crippen molar-refractivity contribution in [3.63, 3.8) is 0 Å². The zero-order valence-corrected chi connectivity index (χ0v) is 15.7. The van der Waals surface area contributed by atoms with Crippen LogP contribution in [0.15, 0.2) is 26.8 Å². The number of carbonyl (C=O) groups excluding carboxylic acids is 1. The molecule has 1 aliphatic rings. The fraction of sp³-hybridized carbons (Fsp3) is 0.400. The Morgan fingerprint density at radius 1 is 1.44 bits per heavy atom. The highest BCUT2D eigenvalue weighted by Crippen LogP contribution is 2.33. The molecule has 0 spiro atoms. The molecule has 0 saturated carbocycles. The molecule has 10 heteroatoms. The van der Waals surface area contributed by atoms with E-state index >= 15 is 0 Å². The second-order valence-electron chi connectivity index (χ2n) is 5.19. The van der Waals surface area contributed by atoms with Crippen LogP contribution in [0.25, 0.3) is 0 Å². The summed E-state index contributed by atoms with van der Waals surface area (Å²) in [7, 11) is 0. The van der Waals surface area contributed by atoms with Gasteiger partial charge in [0, 0.05) is 18.0 Å². The Hall–Kier alpha value is -1.58. The second kappa shape index (κ2) is 7.76. The minimum absolute atomic E-state index is 0.0718. The number of rotatable bonds is 5. The molecule has 0 N–H and O–H groups in total. The largest absolute Gasteiger partial charge is 0.465 e. The van der Waals surface area contributed by atoms with Crippen molar-refractivity contribution in [2.75, 3.05) is 12.4 Å². The van der Waals surface area contributed by atoms with Crippen molar-refractivity contribution < 1.29 is 13.9 Å². The minimum Gasteiger partial charge on any atom is -0.465 e. The van der Waals surface area contributed by atoms with Crippen LogP contribution in [0.4, 0.5) is 10.1 Å². The van der Waals surface area contributed by atoms with Crippen LogP contribution in [0.2, 0.25) is 5.02 Å². The first-order chi connectivity index (χ1) is 12.0. The van der Waals surface area contributed by atoms with Gasteiger partial charge in [-0.2, -0.15) is 0 Å². The molecule has 0 atom stereocenters. The van der Waals surface area contributed by atoms with E-state index in [4.69, 9.17) is 16.3 Å². The molecule has 0 bridgehead atoms. The van der Waals surface area contributed by atoms with Crippen molar-refractivity contribution in [3.05, 3.63) is 37.4 Å². The summed E-state index contributed by atoms with van der Waals surface area (Å²) in [5.74, 6) is -0.878. The maximum atomic E-state index is 14.2. The smallest absolute Gasteiger partial charge is 0.325 e. The number of hydrogen-bond donors (Lipinski definition) is 0. The van der Waals surface area contributed by atoms with Gasteiger partial charge in [-0.3, -0.25) is 14.3 Å². The minimum atomic E-state index is -0.580. The maximum Gasteiger partial charge on any atom is 0.325 e. The average molecular weight is 404 g/mol. The molecular formula is C15H15ClFN3O3S2. The first-order valence-corrected chi connectivity index (χ1v) is 9.80. The van der Waals surface area contributed by atoms with Gasteiger partial charge in [-0.05, 0) is 36.8 Å². The summed E-state index contributed by atoms with van der Waals surface area (Å²) in [6, 6.07) is 2.65. The Kier molecular flexibility index (Phi) is 5.65. The van der Waals surface area contributed by atoms with Gasteiger partial charge in [0.15, 0.2) is 0 Å². The normalized spacial score (nSPS) is 14.0. The summed E-state index contributed by atoms with van der Waals surface area (Å²) < 4.78 is 22.5. The molecule has 1 aromatic carbocycles. The fourth-order valence-corrected chi connectivity index (χ4v) is 4.37. The lowest BCUT2D eigenvalue weighted by molar-refractivity contribution is -0.139. The van der Waals surface area contributed by atoms with Gasteiger partial charge in [0.05, 0.1) is 17.4 Å². The monoisotopic (exact) mass is 403 g/mol. The lowest BCUT2D eigenvalue weighted by atomic mass is 10.3. The van der Waals surface area contributed by atoms with Crippen LogP contribution in [0.5, 0.6) is 0 Å². The van der Waals surface area contributed by atoms with E-state index in [1.54, 1.807) is 16.3 Å². The van der Waals surface area contributed by atoms with Crippen molar-refractivity contribution >= 4 is 46.4 Å².